The Balaban J connectivity index is 1.58. The van der Waals surface area contributed by atoms with Crippen LogP contribution in [0.15, 0.2) is 71.6 Å². The molecule has 33 heavy (non-hydrogen) atoms. The normalized spacial score (nSPS) is 11.6. The van der Waals surface area contributed by atoms with Crippen molar-refractivity contribution < 1.29 is 24.2 Å². The van der Waals surface area contributed by atoms with Crippen LogP contribution in [-0.2, 0) is 4.79 Å². The summed E-state index contributed by atoms with van der Waals surface area (Å²) in [6.07, 6.45) is 0.413. The van der Waals surface area contributed by atoms with Crippen molar-refractivity contribution in [1.29, 1.82) is 0 Å². The van der Waals surface area contributed by atoms with E-state index in [0.717, 1.165) is 10.5 Å². The number of carbonyl (C=O) groups excluding carboxylic acids is 1. The van der Waals surface area contributed by atoms with Gasteiger partial charge in [-0.3, -0.25) is 9.59 Å². The number of benzene rings is 3. The maximum atomic E-state index is 12.9. The lowest BCUT2D eigenvalue weighted by Crippen LogP contribution is -2.17. The number of carboxylic acid groups (broad SMARTS) is 1. The standard InChI is InChI=1S/C26H25ClO5S/c1-17-14-21(9-11-24(17)33-16-25(28)29)31-13-12-18(2)32-23-10-8-20(27)15-22(23)26(30)19-6-4-3-5-7-19/h3-11,14-15,18H,12-13,16H2,1-2H3,(H,28,29)/t18-/m1/s1. The predicted octanol–water partition coefficient (Wildman–Crippen LogP) is 6.29. The van der Waals surface area contributed by atoms with E-state index in [1.54, 1.807) is 30.3 Å². The number of halogens is 1. The first-order valence-electron chi connectivity index (χ1n) is 10.5. The van der Waals surface area contributed by atoms with Gasteiger partial charge in [0.1, 0.15) is 11.5 Å². The first-order valence-corrected chi connectivity index (χ1v) is 11.8. The largest absolute Gasteiger partial charge is 0.493 e. The molecule has 0 aliphatic rings. The van der Waals surface area contributed by atoms with Crippen LogP contribution in [0.4, 0.5) is 0 Å². The van der Waals surface area contributed by atoms with Gasteiger partial charge >= 0.3 is 5.97 Å². The van der Waals surface area contributed by atoms with Gasteiger partial charge in [-0.05, 0) is 55.8 Å². The molecule has 3 rings (SSSR count). The van der Waals surface area contributed by atoms with Crippen molar-refractivity contribution in [3.63, 3.8) is 0 Å². The molecule has 7 heteroatoms. The van der Waals surface area contributed by atoms with E-state index < -0.39 is 5.97 Å². The minimum absolute atomic E-state index is 0.0232. The summed E-state index contributed by atoms with van der Waals surface area (Å²) in [7, 11) is 0. The van der Waals surface area contributed by atoms with Gasteiger partial charge in [-0.15, -0.1) is 11.8 Å². The first kappa shape index (κ1) is 24.7. The van der Waals surface area contributed by atoms with Gasteiger partial charge in [0.25, 0.3) is 0 Å². The predicted molar refractivity (Wildman–Crippen MR) is 131 cm³/mol. The van der Waals surface area contributed by atoms with Crippen LogP contribution >= 0.6 is 23.4 Å². The Morgan fingerprint density at radius 1 is 1.06 bits per heavy atom. The summed E-state index contributed by atoms with van der Waals surface area (Å²) in [5.74, 6) is 0.230. The Kier molecular flexibility index (Phi) is 8.80. The number of rotatable bonds is 11. The molecular weight excluding hydrogens is 460 g/mol. The average Bonchev–Trinajstić information content (AvgIpc) is 2.79. The van der Waals surface area contributed by atoms with Crippen LogP contribution in [0.25, 0.3) is 0 Å². The summed E-state index contributed by atoms with van der Waals surface area (Å²) < 4.78 is 11.9. The van der Waals surface area contributed by atoms with Crippen molar-refractivity contribution in [1.82, 2.24) is 0 Å². The molecule has 5 nitrogen and oxygen atoms in total. The number of carboxylic acids is 1. The molecule has 172 valence electrons. The number of thioether (sulfide) groups is 1. The Hall–Kier alpha value is -2.96. The van der Waals surface area contributed by atoms with Crippen LogP contribution in [0.1, 0.15) is 34.8 Å². The van der Waals surface area contributed by atoms with E-state index in [4.69, 9.17) is 26.2 Å². The molecule has 0 unspecified atom stereocenters. The zero-order valence-electron chi connectivity index (χ0n) is 18.4. The smallest absolute Gasteiger partial charge is 0.313 e. The summed E-state index contributed by atoms with van der Waals surface area (Å²) in [5, 5.41) is 9.30. The number of hydrogen-bond acceptors (Lipinski definition) is 5. The first-order chi connectivity index (χ1) is 15.8. The highest BCUT2D eigenvalue weighted by Crippen LogP contribution is 2.28. The van der Waals surface area contributed by atoms with E-state index in [1.807, 2.05) is 50.2 Å². The van der Waals surface area contributed by atoms with Gasteiger partial charge in [-0.1, -0.05) is 41.9 Å². The zero-order valence-corrected chi connectivity index (χ0v) is 20.0. The van der Waals surface area contributed by atoms with Crippen LogP contribution < -0.4 is 9.47 Å². The minimum atomic E-state index is -0.844. The monoisotopic (exact) mass is 484 g/mol. The Morgan fingerprint density at radius 2 is 1.82 bits per heavy atom. The van der Waals surface area contributed by atoms with Crippen LogP contribution in [-0.4, -0.2) is 35.3 Å². The molecule has 0 aliphatic heterocycles. The lowest BCUT2D eigenvalue weighted by atomic mass is 10.0. The third-order valence-electron chi connectivity index (χ3n) is 4.84. The van der Waals surface area contributed by atoms with E-state index >= 15 is 0 Å². The minimum Gasteiger partial charge on any atom is -0.493 e. The number of aryl methyl sites for hydroxylation is 1. The molecule has 0 aromatic heterocycles. The van der Waals surface area contributed by atoms with E-state index in [2.05, 4.69) is 0 Å². The Morgan fingerprint density at radius 3 is 2.52 bits per heavy atom. The summed E-state index contributed by atoms with van der Waals surface area (Å²) in [6.45, 7) is 4.28. The van der Waals surface area contributed by atoms with Crippen molar-refractivity contribution in [2.75, 3.05) is 12.4 Å². The van der Waals surface area contributed by atoms with Gasteiger partial charge in [-0.2, -0.15) is 0 Å². The molecule has 0 heterocycles. The fourth-order valence-corrected chi connectivity index (χ4v) is 4.06. The summed E-state index contributed by atoms with van der Waals surface area (Å²) in [5.41, 5.74) is 1.96. The molecule has 0 amide bonds. The summed E-state index contributed by atoms with van der Waals surface area (Å²) in [6, 6.07) is 19.7. The van der Waals surface area contributed by atoms with Crippen LogP contribution in [0.2, 0.25) is 5.02 Å². The maximum absolute atomic E-state index is 12.9. The summed E-state index contributed by atoms with van der Waals surface area (Å²) in [4.78, 5) is 24.6. The van der Waals surface area contributed by atoms with Crippen molar-refractivity contribution in [2.24, 2.45) is 0 Å². The van der Waals surface area contributed by atoms with Gasteiger partial charge in [0.15, 0.2) is 5.78 Å². The van der Waals surface area contributed by atoms with E-state index in [1.165, 1.54) is 11.8 Å². The second kappa shape index (κ2) is 11.8. The zero-order chi connectivity index (χ0) is 23.8. The third-order valence-corrected chi connectivity index (χ3v) is 6.24. The van der Waals surface area contributed by atoms with Gasteiger partial charge < -0.3 is 14.6 Å². The molecule has 0 saturated carbocycles. The average molecular weight is 485 g/mol. The van der Waals surface area contributed by atoms with Crippen molar-refractivity contribution in [3.8, 4) is 11.5 Å². The lowest BCUT2D eigenvalue weighted by molar-refractivity contribution is -0.133. The highest BCUT2D eigenvalue weighted by Gasteiger charge is 2.17. The molecule has 0 fully saturated rings. The van der Waals surface area contributed by atoms with Crippen molar-refractivity contribution >= 4 is 35.1 Å². The molecule has 0 radical (unpaired) electrons. The van der Waals surface area contributed by atoms with E-state index in [-0.39, 0.29) is 17.6 Å². The highest BCUT2D eigenvalue weighted by molar-refractivity contribution is 8.00. The van der Waals surface area contributed by atoms with Gasteiger partial charge in [-0.25, -0.2) is 0 Å². The second-order valence-electron chi connectivity index (χ2n) is 7.51. The number of hydrogen-bond donors (Lipinski definition) is 1. The van der Waals surface area contributed by atoms with E-state index in [0.29, 0.717) is 40.7 Å². The number of aliphatic carboxylic acids is 1. The molecule has 3 aromatic carbocycles. The van der Waals surface area contributed by atoms with Gasteiger partial charge in [0, 0.05) is 21.9 Å². The van der Waals surface area contributed by atoms with E-state index in [9.17, 15) is 9.59 Å². The Bertz CT molecular complexity index is 1120. The molecule has 1 atom stereocenters. The molecule has 0 aliphatic carbocycles. The highest BCUT2D eigenvalue weighted by atomic mass is 35.5. The Labute approximate surface area is 202 Å². The number of ether oxygens (including phenoxy) is 2. The fourth-order valence-electron chi connectivity index (χ4n) is 3.16. The summed E-state index contributed by atoms with van der Waals surface area (Å²) >= 11 is 7.42. The number of carbonyl (C=O) groups is 2. The maximum Gasteiger partial charge on any atom is 0.313 e. The van der Waals surface area contributed by atoms with Crippen molar-refractivity contribution in [2.45, 2.75) is 31.3 Å². The second-order valence-corrected chi connectivity index (χ2v) is 8.96. The molecule has 0 spiro atoms. The third kappa shape index (κ3) is 7.27. The molecule has 0 bridgehead atoms. The quantitative estimate of drug-likeness (QED) is 0.254. The van der Waals surface area contributed by atoms with Crippen LogP contribution in [0, 0.1) is 6.92 Å². The van der Waals surface area contributed by atoms with Gasteiger partial charge in [0.2, 0.25) is 0 Å². The van der Waals surface area contributed by atoms with Crippen molar-refractivity contribution in [3.05, 3.63) is 88.4 Å². The molecular formula is C26H25ClO5S. The molecule has 1 N–H and O–H groups in total. The van der Waals surface area contributed by atoms with Gasteiger partial charge in [0.05, 0.1) is 24.0 Å². The molecule has 0 saturated heterocycles. The van der Waals surface area contributed by atoms with Crippen LogP contribution in [0.5, 0.6) is 11.5 Å². The van der Waals surface area contributed by atoms with Crippen LogP contribution in [0.3, 0.4) is 0 Å². The SMILES string of the molecule is Cc1cc(OCC[C@@H](C)Oc2ccc(Cl)cc2C(=O)c2ccccc2)ccc1SCC(=O)O. The lowest BCUT2D eigenvalue weighted by Gasteiger charge is -2.18. The molecule has 3 aromatic rings. The number of ketones is 1. The topological polar surface area (TPSA) is 72.8 Å². The fraction of sp³-hybridized carbons (Fsp3) is 0.231.